The van der Waals surface area contributed by atoms with Crippen molar-refractivity contribution in [1.82, 2.24) is 0 Å². The predicted octanol–water partition coefficient (Wildman–Crippen LogP) is 2.82. The smallest absolute Gasteiger partial charge is 0.0994 e. The van der Waals surface area contributed by atoms with Crippen LogP contribution in [0, 0.1) is 0 Å². The molecule has 1 heterocycles. The van der Waals surface area contributed by atoms with Crippen molar-refractivity contribution in [3.05, 3.63) is 59.7 Å². The van der Waals surface area contributed by atoms with E-state index in [1.54, 1.807) is 0 Å². The van der Waals surface area contributed by atoms with E-state index in [9.17, 15) is 5.11 Å². The summed E-state index contributed by atoms with van der Waals surface area (Å²) in [7, 11) is 4.03. The minimum atomic E-state index is -0.487. The summed E-state index contributed by atoms with van der Waals surface area (Å²) in [5.74, 6) is 0. The molecule has 0 spiro atoms. The minimum absolute atomic E-state index is 0.0533. The van der Waals surface area contributed by atoms with E-state index in [4.69, 9.17) is 0 Å². The predicted molar refractivity (Wildman–Crippen MR) is 83.3 cm³/mol. The lowest BCUT2D eigenvalue weighted by molar-refractivity contribution is 0.156. The molecule has 2 unspecified atom stereocenters. The Balaban J connectivity index is 1.76. The summed E-state index contributed by atoms with van der Waals surface area (Å²) < 4.78 is 0. The van der Waals surface area contributed by atoms with Crippen LogP contribution in [0.3, 0.4) is 0 Å². The zero-order chi connectivity index (χ0) is 14.1. The van der Waals surface area contributed by atoms with Gasteiger partial charge >= 0.3 is 0 Å². The number of hydrogen-bond donors (Lipinski definition) is 2. The Bertz CT molecular complexity index is 567. The van der Waals surface area contributed by atoms with Crippen molar-refractivity contribution in [3.8, 4) is 0 Å². The van der Waals surface area contributed by atoms with Gasteiger partial charge in [0.1, 0.15) is 0 Å². The third-order valence-electron chi connectivity index (χ3n) is 3.93. The van der Waals surface area contributed by atoms with Crippen LogP contribution in [-0.2, 0) is 6.42 Å². The quantitative estimate of drug-likeness (QED) is 0.898. The number of nitrogens with one attached hydrogen (secondary N) is 1. The SMILES string of the molecule is CN(C)c1ccc(C(O)C2Cc3ccccc3N2)cc1. The van der Waals surface area contributed by atoms with Crippen molar-refractivity contribution in [2.75, 3.05) is 24.3 Å². The van der Waals surface area contributed by atoms with Crippen molar-refractivity contribution >= 4 is 11.4 Å². The second-order valence-corrected chi connectivity index (χ2v) is 5.54. The highest BCUT2D eigenvalue weighted by atomic mass is 16.3. The topological polar surface area (TPSA) is 35.5 Å². The summed E-state index contributed by atoms with van der Waals surface area (Å²) in [6.07, 6.45) is 0.380. The molecule has 104 valence electrons. The van der Waals surface area contributed by atoms with Crippen LogP contribution in [0.15, 0.2) is 48.5 Å². The Kier molecular flexibility index (Phi) is 3.36. The van der Waals surface area contributed by atoms with Crippen LogP contribution in [-0.4, -0.2) is 25.2 Å². The highest BCUT2D eigenvalue weighted by Gasteiger charge is 2.27. The van der Waals surface area contributed by atoms with Gasteiger partial charge in [-0.3, -0.25) is 0 Å². The average Bonchev–Trinajstić information content (AvgIpc) is 2.90. The first-order valence-corrected chi connectivity index (χ1v) is 6.95. The van der Waals surface area contributed by atoms with E-state index in [1.165, 1.54) is 5.56 Å². The lowest BCUT2D eigenvalue weighted by atomic mass is 9.99. The third-order valence-corrected chi connectivity index (χ3v) is 3.93. The number of para-hydroxylation sites is 1. The molecule has 1 aliphatic heterocycles. The monoisotopic (exact) mass is 268 g/mol. The lowest BCUT2D eigenvalue weighted by Crippen LogP contribution is -2.24. The number of rotatable bonds is 3. The summed E-state index contributed by atoms with van der Waals surface area (Å²) in [5.41, 5.74) is 4.52. The molecule has 0 aromatic heterocycles. The summed E-state index contributed by atoms with van der Waals surface area (Å²) in [6.45, 7) is 0. The van der Waals surface area contributed by atoms with Gasteiger partial charge in [-0.25, -0.2) is 0 Å². The molecule has 1 aliphatic rings. The van der Waals surface area contributed by atoms with E-state index in [0.717, 1.165) is 23.4 Å². The highest BCUT2D eigenvalue weighted by Crippen LogP contribution is 2.32. The number of anilines is 2. The Morgan fingerprint density at radius 1 is 1.10 bits per heavy atom. The van der Waals surface area contributed by atoms with Crippen molar-refractivity contribution in [3.63, 3.8) is 0 Å². The van der Waals surface area contributed by atoms with Crippen LogP contribution in [0.2, 0.25) is 0 Å². The van der Waals surface area contributed by atoms with Gasteiger partial charge in [0.2, 0.25) is 0 Å². The van der Waals surface area contributed by atoms with Gasteiger partial charge in [-0.1, -0.05) is 30.3 Å². The van der Waals surface area contributed by atoms with Crippen molar-refractivity contribution < 1.29 is 5.11 Å². The normalized spacial score (nSPS) is 18.2. The Hall–Kier alpha value is -2.00. The maximum atomic E-state index is 10.5. The van der Waals surface area contributed by atoms with E-state index >= 15 is 0 Å². The molecule has 0 bridgehead atoms. The highest BCUT2D eigenvalue weighted by molar-refractivity contribution is 5.57. The summed E-state index contributed by atoms with van der Waals surface area (Å²) >= 11 is 0. The van der Waals surface area contributed by atoms with E-state index in [1.807, 2.05) is 50.5 Å². The molecule has 0 aliphatic carbocycles. The van der Waals surface area contributed by atoms with Crippen LogP contribution < -0.4 is 10.2 Å². The van der Waals surface area contributed by atoms with Crippen LogP contribution >= 0.6 is 0 Å². The van der Waals surface area contributed by atoms with E-state index in [2.05, 4.69) is 22.3 Å². The molecule has 0 amide bonds. The molecule has 3 heteroatoms. The molecule has 2 aromatic rings. The zero-order valence-corrected chi connectivity index (χ0v) is 11.9. The van der Waals surface area contributed by atoms with Gasteiger partial charge in [0.05, 0.1) is 12.1 Å². The maximum Gasteiger partial charge on any atom is 0.0994 e. The molecule has 3 nitrogen and oxygen atoms in total. The molecule has 2 N–H and O–H groups in total. The minimum Gasteiger partial charge on any atom is -0.386 e. The Morgan fingerprint density at radius 2 is 1.80 bits per heavy atom. The van der Waals surface area contributed by atoms with Crippen LogP contribution in [0.1, 0.15) is 17.2 Å². The summed E-state index contributed by atoms with van der Waals surface area (Å²) in [6, 6.07) is 16.4. The average molecular weight is 268 g/mol. The molecule has 0 saturated carbocycles. The van der Waals surface area contributed by atoms with E-state index in [-0.39, 0.29) is 6.04 Å². The van der Waals surface area contributed by atoms with Gasteiger partial charge in [0.15, 0.2) is 0 Å². The Morgan fingerprint density at radius 3 is 2.45 bits per heavy atom. The fourth-order valence-electron chi connectivity index (χ4n) is 2.72. The van der Waals surface area contributed by atoms with Crippen molar-refractivity contribution in [2.45, 2.75) is 18.6 Å². The molecule has 2 atom stereocenters. The number of aliphatic hydroxyl groups is 1. The van der Waals surface area contributed by atoms with Crippen LogP contribution in [0.4, 0.5) is 11.4 Å². The number of nitrogens with zero attached hydrogens (tertiary/aromatic N) is 1. The second kappa shape index (κ2) is 5.17. The van der Waals surface area contributed by atoms with Crippen LogP contribution in [0.5, 0.6) is 0 Å². The number of fused-ring (bicyclic) bond motifs is 1. The van der Waals surface area contributed by atoms with E-state index < -0.39 is 6.10 Å². The molecule has 0 fully saturated rings. The summed E-state index contributed by atoms with van der Waals surface area (Å²) in [5, 5.41) is 14.0. The maximum absolute atomic E-state index is 10.5. The van der Waals surface area contributed by atoms with Gasteiger partial charge < -0.3 is 15.3 Å². The fraction of sp³-hybridized carbons (Fsp3) is 0.294. The largest absolute Gasteiger partial charge is 0.386 e. The molecule has 0 radical (unpaired) electrons. The molecule has 3 rings (SSSR count). The van der Waals surface area contributed by atoms with Gasteiger partial charge in [0, 0.05) is 25.5 Å². The lowest BCUT2D eigenvalue weighted by Gasteiger charge is -2.20. The first-order chi connectivity index (χ1) is 9.65. The van der Waals surface area contributed by atoms with Crippen molar-refractivity contribution in [1.29, 1.82) is 0 Å². The van der Waals surface area contributed by atoms with Gasteiger partial charge in [0.25, 0.3) is 0 Å². The third kappa shape index (κ3) is 2.37. The standard InChI is InChI=1S/C17H20N2O/c1-19(2)14-9-7-12(8-10-14)17(20)16-11-13-5-3-4-6-15(13)18-16/h3-10,16-18,20H,11H2,1-2H3. The van der Waals surface area contributed by atoms with Gasteiger partial charge in [-0.15, -0.1) is 0 Å². The number of benzene rings is 2. The molecular formula is C17H20N2O. The van der Waals surface area contributed by atoms with Gasteiger partial charge in [-0.2, -0.15) is 0 Å². The van der Waals surface area contributed by atoms with E-state index in [0.29, 0.717) is 0 Å². The molecule has 20 heavy (non-hydrogen) atoms. The zero-order valence-electron chi connectivity index (χ0n) is 11.9. The fourth-order valence-corrected chi connectivity index (χ4v) is 2.72. The van der Waals surface area contributed by atoms with Crippen LogP contribution in [0.25, 0.3) is 0 Å². The van der Waals surface area contributed by atoms with Gasteiger partial charge in [-0.05, 0) is 35.7 Å². The number of hydrogen-bond acceptors (Lipinski definition) is 3. The second-order valence-electron chi connectivity index (χ2n) is 5.54. The number of aliphatic hydroxyl groups excluding tert-OH is 1. The van der Waals surface area contributed by atoms with Crippen molar-refractivity contribution in [2.24, 2.45) is 0 Å². The summed E-state index contributed by atoms with van der Waals surface area (Å²) in [4.78, 5) is 2.06. The molecular weight excluding hydrogens is 248 g/mol. The first kappa shape index (κ1) is 13.0. The molecule has 0 saturated heterocycles. The molecule has 2 aromatic carbocycles. The first-order valence-electron chi connectivity index (χ1n) is 6.95. The Labute approximate surface area is 119 Å².